The van der Waals surface area contributed by atoms with Crippen LogP contribution in [0.25, 0.3) is 0 Å². The van der Waals surface area contributed by atoms with E-state index in [4.69, 9.17) is 4.74 Å². The number of ether oxygens (including phenoxy) is 1. The van der Waals surface area contributed by atoms with Crippen LogP contribution in [0.2, 0.25) is 5.31 Å². The summed E-state index contributed by atoms with van der Waals surface area (Å²) >= 11 is 0. The summed E-state index contributed by atoms with van der Waals surface area (Å²) in [6.07, 6.45) is 0. The van der Waals surface area contributed by atoms with Gasteiger partial charge in [0.15, 0.2) is 0 Å². The quantitative estimate of drug-likeness (QED) is 0.650. The van der Waals surface area contributed by atoms with Gasteiger partial charge < -0.3 is 4.74 Å². The molecule has 0 fully saturated rings. The van der Waals surface area contributed by atoms with E-state index in [1.807, 2.05) is 6.07 Å². The van der Waals surface area contributed by atoms with Gasteiger partial charge in [0, 0.05) is 0 Å². The lowest BCUT2D eigenvalue weighted by Gasteiger charge is -2.35. The van der Waals surface area contributed by atoms with Crippen LogP contribution in [0.4, 0.5) is 0 Å². The standard InChI is InChI=1S/C17H19BO/c1-12-8-7-10-14-16(12)19-15-11-6-5-9-13(15)18(14)17(2,3)4/h5-11H,1-4H3. The lowest BCUT2D eigenvalue weighted by atomic mass is 9.27. The van der Waals surface area contributed by atoms with Crippen LogP contribution in [-0.4, -0.2) is 6.71 Å². The Balaban J connectivity index is 2.27. The number of fused-ring (bicyclic) bond motifs is 2. The van der Waals surface area contributed by atoms with Crippen molar-refractivity contribution in [3.05, 3.63) is 48.0 Å². The average molecular weight is 250 g/mol. The third kappa shape index (κ3) is 1.96. The smallest absolute Gasteiger partial charge is 0.224 e. The van der Waals surface area contributed by atoms with Crippen LogP contribution in [0.1, 0.15) is 26.3 Å². The first kappa shape index (κ1) is 12.3. The van der Waals surface area contributed by atoms with E-state index in [1.54, 1.807) is 0 Å². The summed E-state index contributed by atoms with van der Waals surface area (Å²) in [4.78, 5) is 0. The van der Waals surface area contributed by atoms with Crippen LogP contribution in [0, 0.1) is 6.92 Å². The van der Waals surface area contributed by atoms with Crippen molar-refractivity contribution in [2.24, 2.45) is 0 Å². The minimum absolute atomic E-state index is 0.169. The van der Waals surface area contributed by atoms with Gasteiger partial charge in [-0.2, -0.15) is 0 Å². The Hall–Kier alpha value is -1.70. The number of aryl methyl sites for hydroxylation is 1. The lowest BCUT2D eigenvalue weighted by Crippen LogP contribution is -2.52. The van der Waals surface area contributed by atoms with E-state index in [2.05, 4.69) is 64.1 Å². The molecule has 1 aliphatic heterocycles. The molecule has 2 aromatic carbocycles. The Morgan fingerprint density at radius 1 is 0.895 bits per heavy atom. The number of rotatable bonds is 0. The minimum Gasteiger partial charge on any atom is -0.458 e. The molecule has 0 atom stereocenters. The Kier molecular flexibility index (Phi) is 2.70. The predicted molar refractivity (Wildman–Crippen MR) is 82.4 cm³/mol. The van der Waals surface area contributed by atoms with Crippen molar-refractivity contribution in [3.8, 4) is 11.5 Å². The van der Waals surface area contributed by atoms with Crippen molar-refractivity contribution < 1.29 is 4.74 Å². The lowest BCUT2D eigenvalue weighted by molar-refractivity contribution is 0.482. The first-order valence-corrected chi connectivity index (χ1v) is 6.85. The molecule has 0 N–H and O–H groups in total. The Morgan fingerprint density at radius 3 is 2.32 bits per heavy atom. The molecule has 1 nitrogen and oxygen atoms in total. The molecule has 0 aromatic heterocycles. The highest BCUT2D eigenvalue weighted by Crippen LogP contribution is 2.35. The van der Waals surface area contributed by atoms with E-state index in [-0.39, 0.29) is 5.31 Å². The highest BCUT2D eigenvalue weighted by molar-refractivity contribution is 6.89. The summed E-state index contributed by atoms with van der Waals surface area (Å²) < 4.78 is 6.13. The summed E-state index contributed by atoms with van der Waals surface area (Å²) in [5.41, 5.74) is 3.82. The first-order valence-electron chi connectivity index (χ1n) is 6.85. The van der Waals surface area contributed by atoms with Gasteiger partial charge in [-0.1, -0.05) is 57.2 Å². The number of benzene rings is 2. The number of para-hydroxylation sites is 2. The molecule has 1 heterocycles. The summed E-state index contributed by atoms with van der Waals surface area (Å²) in [7, 11) is 0. The summed E-state index contributed by atoms with van der Waals surface area (Å²) in [6, 6.07) is 14.9. The zero-order valence-corrected chi connectivity index (χ0v) is 12.0. The van der Waals surface area contributed by atoms with Gasteiger partial charge in [-0.15, -0.1) is 0 Å². The van der Waals surface area contributed by atoms with Crippen molar-refractivity contribution in [2.75, 3.05) is 0 Å². The van der Waals surface area contributed by atoms with Gasteiger partial charge in [0.05, 0.1) is 0 Å². The fourth-order valence-corrected chi connectivity index (χ4v) is 3.06. The van der Waals surface area contributed by atoms with Gasteiger partial charge in [-0.25, -0.2) is 0 Å². The highest BCUT2D eigenvalue weighted by atomic mass is 16.5. The molecule has 0 radical (unpaired) electrons. The Labute approximate surface area is 115 Å². The van der Waals surface area contributed by atoms with E-state index in [1.165, 1.54) is 16.5 Å². The Morgan fingerprint density at radius 2 is 1.58 bits per heavy atom. The number of hydrogen-bond donors (Lipinski definition) is 0. The van der Waals surface area contributed by atoms with Crippen molar-refractivity contribution in [2.45, 2.75) is 33.0 Å². The number of hydrogen-bond acceptors (Lipinski definition) is 1. The SMILES string of the molecule is Cc1cccc2c1Oc1ccccc1B2C(C)(C)C. The molecule has 96 valence electrons. The molecular formula is C17H19BO. The second kappa shape index (κ2) is 4.16. The molecule has 2 heteroatoms. The third-order valence-electron chi connectivity index (χ3n) is 3.86. The van der Waals surface area contributed by atoms with Crippen LogP contribution in [-0.2, 0) is 0 Å². The van der Waals surface area contributed by atoms with Crippen molar-refractivity contribution in [1.82, 2.24) is 0 Å². The largest absolute Gasteiger partial charge is 0.458 e. The molecule has 0 amide bonds. The van der Waals surface area contributed by atoms with Gasteiger partial charge >= 0.3 is 0 Å². The van der Waals surface area contributed by atoms with Crippen LogP contribution in [0.5, 0.6) is 11.5 Å². The zero-order chi connectivity index (χ0) is 13.6. The van der Waals surface area contributed by atoms with Gasteiger partial charge in [-0.05, 0) is 34.8 Å². The molecule has 0 saturated heterocycles. The molecule has 3 rings (SSSR count). The Bertz CT molecular complexity index is 625. The van der Waals surface area contributed by atoms with Gasteiger partial charge in [0.1, 0.15) is 11.5 Å². The topological polar surface area (TPSA) is 9.23 Å². The fourth-order valence-electron chi connectivity index (χ4n) is 3.06. The van der Waals surface area contributed by atoms with Crippen LogP contribution in [0.3, 0.4) is 0 Å². The van der Waals surface area contributed by atoms with E-state index in [0.29, 0.717) is 6.71 Å². The normalized spacial score (nSPS) is 13.6. The van der Waals surface area contributed by atoms with Crippen LogP contribution >= 0.6 is 0 Å². The van der Waals surface area contributed by atoms with Gasteiger partial charge in [-0.3, -0.25) is 0 Å². The third-order valence-corrected chi connectivity index (χ3v) is 3.86. The molecule has 0 spiro atoms. The van der Waals surface area contributed by atoms with Gasteiger partial charge in [0.2, 0.25) is 6.71 Å². The highest BCUT2D eigenvalue weighted by Gasteiger charge is 2.39. The molecule has 1 aliphatic rings. The second-order valence-corrected chi connectivity index (χ2v) is 6.43. The maximum atomic E-state index is 6.13. The summed E-state index contributed by atoms with van der Waals surface area (Å²) in [5.74, 6) is 2.05. The van der Waals surface area contributed by atoms with Crippen molar-refractivity contribution in [1.29, 1.82) is 0 Å². The molecular weight excluding hydrogens is 231 g/mol. The van der Waals surface area contributed by atoms with Crippen LogP contribution < -0.4 is 15.7 Å². The summed E-state index contributed by atoms with van der Waals surface area (Å²) in [5, 5.41) is 0.169. The van der Waals surface area contributed by atoms with Crippen molar-refractivity contribution >= 4 is 17.6 Å². The predicted octanol–water partition coefficient (Wildman–Crippen LogP) is 3.51. The maximum absolute atomic E-state index is 6.13. The van der Waals surface area contributed by atoms with E-state index >= 15 is 0 Å². The van der Waals surface area contributed by atoms with Gasteiger partial charge in [0.25, 0.3) is 0 Å². The monoisotopic (exact) mass is 250 g/mol. The van der Waals surface area contributed by atoms with E-state index in [0.717, 1.165) is 11.5 Å². The molecule has 0 saturated carbocycles. The fraction of sp³-hybridized carbons (Fsp3) is 0.294. The minimum atomic E-state index is 0.169. The van der Waals surface area contributed by atoms with Crippen molar-refractivity contribution in [3.63, 3.8) is 0 Å². The zero-order valence-electron chi connectivity index (χ0n) is 12.0. The van der Waals surface area contributed by atoms with E-state index in [9.17, 15) is 0 Å². The average Bonchev–Trinajstić information content (AvgIpc) is 2.35. The first-order chi connectivity index (χ1) is 8.98. The second-order valence-electron chi connectivity index (χ2n) is 6.43. The molecule has 2 aromatic rings. The summed E-state index contributed by atoms with van der Waals surface area (Å²) in [6.45, 7) is 9.39. The van der Waals surface area contributed by atoms with E-state index < -0.39 is 0 Å². The molecule has 19 heavy (non-hydrogen) atoms. The van der Waals surface area contributed by atoms with Crippen LogP contribution in [0.15, 0.2) is 42.5 Å². The maximum Gasteiger partial charge on any atom is 0.224 e. The molecule has 0 bridgehead atoms. The molecule has 0 aliphatic carbocycles. The molecule has 0 unspecified atom stereocenters.